The Hall–Kier alpha value is -0.560. The molecule has 0 saturated heterocycles. The lowest BCUT2D eigenvalue weighted by molar-refractivity contribution is 0.510. The van der Waals surface area contributed by atoms with Crippen molar-refractivity contribution >= 4 is 0 Å². The minimum absolute atomic E-state index is 0.637. The van der Waals surface area contributed by atoms with Crippen molar-refractivity contribution in [2.45, 2.75) is 32.7 Å². The molecule has 0 bridgehead atoms. The van der Waals surface area contributed by atoms with Crippen molar-refractivity contribution in [3.05, 3.63) is 23.8 Å². The van der Waals surface area contributed by atoms with E-state index in [-0.39, 0.29) is 0 Å². The molecule has 1 rings (SSSR count). The molecule has 0 spiro atoms. The smallest absolute Gasteiger partial charge is 0.0144 e. The van der Waals surface area contributed by atoms with Gasteiger partial charge in [-0.2, -0.15) is 0 Å². The van der Waals surface area contributed by atoms with Gasteiger partial charge in [0.25, 0.3) is 0 Å². The first-order valence-electron chi connectivity index (χ1n) is 4.22. The summed E-state index contributed by atoms with van der Waals surface area (Å²) >= 11 is 0. The Labute approximate surface area is 69.2 Å². The van der Waals surface area contributed by atoms with Crippen molar-refractivity contribution in [2.75, 3.05) is 6.54 Å². The average Bonchev–Trinajstić information content (AvgIpc) is 1.85. The van der Waals surface area contributed by atoms with Gasteiger partial charge in [0.05, 0.1) is 0 Å². The topological polar surface area (TPSA) is 12.0 Å². The van der Waals surface area contributed by atoms with E-state index in [1.54, 1.807) is 0 Å². The van der Waals surface area contributed by atoms with Gasteiger partial charge in [-0.3, -0.25) is 0 Å². The fraction of sp³-hybridized carbons (Fsp3) is 0.600. The van der Waals surface area contributed by atoms with Crippen LogP contribution in [0.3, 0.4) is 0 Å². The van der Waals surface area contributed by atoms with Crippen LogP contribution in [0.5, 0.6) is 0 Å². The average molecular weight is 151 g/mol. The second-order valence-corrected chi connectivity index (χ2v) is 3.52. The number of hydrogen-bond acceptors (Lipinski definition) is 1. The lowest BCUT2D eigenvalue weighted by atomic mass is 9.98. The lowest BCUT2D eigenvalue weighted by Crippen LogP contribution is -2.32. The van der Waals surface area contributed by atoms with Crippen LogP contribution in [0.1, 0.15) is 26.7 Å². The van der Waals surface area contributed by atoms with Crippen LogP contribution in [-0.2, 0) is 0 Å². The molecule has 0 amide bonds. The predicted octanol–water partition coefficient (Wildman–Crippen LogP) is 2.26. The summed E-state index contributed by atoms with van der Waals surface area (Å²) in [5, 5.41) is 3.44. The van der Waals surface area contributed by atoms with Crippen molar-refractivity contribution in [1.29, 1.82) is 0 Å². The van der Waals surface area contributed by atoms with E-state index in [9.17, 15) is 0 Å². The highest BCUT2D eigenvalue weighted by Crippen LogP contribution is 2.14. The normalized spacial score (nSPS) is 24.5. The molecule has 0 aromatic heterocycles. The largest absolute Gasteiger partial charge is 0.310 e. The van der Waals surface area contributed by atoms with Gasteiger partial charge in [-0.15, -0.1) is 6.58 Å². The summed E-state index contributed by atoms with van der Waals surface area (Å²) in [4.78, 5) is 0. The van der Waals surface area contributed by atoms with E-state index in [1.807, 2.05) is 0 Å². The Kier molecular flexibility index (Phi) is 2.89. The molecule has 1 heteroatoms. The Balaban J connectivity index is 2.38. The number of rotatable bonds is 2. The summed E-state index contributed by atoms with van der Waals surface area (Å²) in [6.07, 6.45) is 4.56. The molecule has 0 aliphatic carbocycles. The molecule has 1 nitrogen and oxygen atoms in total. The Bertz CT molecular complexity index is 179. The molecule has 1 aliphatic heterocycles. The van der Waals surface area contributed by atoms with Crippen LogP contribution in [0, 0.1) is 0 Å². The quantitative estimate of drug-likeness (QED) is 0.597. The third-order valence-corrected chi connectivity index (χ3v) is 2.02. The molecular weight excluding hydrogens is 134 g/mol. The minimum Gasteiger partial charge on any atom is -0.310 e. The molecule has 0 fully saturated rings. The Morgan fingerprint density at radius 1 is 1.82 bits per heavy atom. The molecule has 0 radical (unpaired) electrons. The monoisotopic (exact) mass is 151 g/mol. The van der Waals surface area contributed by atoms with Crippen molar-refractivity contribution < 1.29 is 0 Å². The van der Waals surface area contributed by atoms with Crippen LogP contribution in [0.4, 0.5) is 0 Å². The fourth-order valence-corrected chi connectivity index (χ4v) is 1.51. The third-order valence-electron chi connectivity index (χ3n) is 2.02. The van der Waals surface area contributed by atoms with Crippen molar-refractivity contribution in [3.8, 4) is 0 Å². The van der Waals surface area contributed by atoms with Gasteiger partial charge in [-0.1, -0.05) is 17.2 Å². The lowest BCUT2D eigenvalue weighted by Gasteiger charge is -2.22. The molecule has 1 aliphatic rings. The summed E-state index contributed by atoms with van der Waals surface area (Å²) in [7, 11) is 0. The molecule has 62 valence electrons. The maximum atomic E-state index is 3.91. The van der Waals surface area contributed by atoms with Gasteiger partial charge in [-0.25, -0.2) is 0 Å². The van der Waals surface area contributed by atoms with Crippen LogP contribution in [0.2, 0.25) is 0 Å². The molecule has 0 saturated carbocycles. The SMILES string of the molecule is C=C(C)CC1CC(C)=CCN1. The van der Waals surface area contributed by atoms with Crippen molar-refractivity contribution in [3.63, 3.8) is 0 Å². The number of hydrogen-bond donors (Lipinski definition) is 1. The second-order valence-electron chi connectivity index (χ2n) is 3.52. The first-order valence-corrected chi connectivity index (χ1v) is 4.22. The molecule has 1 unspecified atom stereocenters. The maximum Gasteiger partial charge on any atom is 0.0144 e. The van der Waals surface area contributed by atoms with E-state index < -0.39 is 0 Å². The van der Waals surface area contributed by atoms with Gasteiger partial charge in [0, 0.05) is 12.6 Å². The van der Waals surface area contributed by atoms with Crippen LogP contribution >= 0.6 is 0 Å². The van der Waals surface area contributed by atoms with E-state index >= 15 is 0 Å². The van der Waals surface area contributed by atoms with Gasteiger partial charge in [-0.05, 0) is 26.7 Å². The second kappa shape index (κ2) is 3.72. The first kappa shape index (κ1) is 8.54. The standard InChI is InChI=1S/C10H17N/c1-8(2)6-10-7-9(3)4-5-11-10/h4,10-11H,1,5-7H2,2-3H3. The van der Waals surface area contributed by atoms with E-state index in [4.69, 9.17) is 0 Å². The molecule has 11 heavy (non-hydrogen) atoms. The van der Waals surface area contributed by atoms with Gasteiger partial charge < -0.3 is 5.32 Å². The van der Waals surface area contributed by atoms with Crippen LogP contribution in [0.25, 0.3) is 0 Å². The summed E-state index contributed by atoms with van der Waals surface area (Å²) < 4.78 is 0. The molecule has 1 heterocycles. The minimum atomic E-state index is 0.637. The fourth-order valence-electron chi connectivity index (χ4n) is 1.51. The van der Waals surface area contributed by atoms with Gasteiger partial charge >= 0.3 is 0 Å². The molecular formula is C10H17N. The Morgan fingerprint density at radius 2 is 2.55 bits per heavy atom. The van der Waals surface area contributed by atoms with Gasteiger partial charge in [0.1, 0.15) is 0 Å². The predicted molar refractivity (Wildman–Crippen MR) is 49.6 cm³/mol. The zero-order chi connectivity index (χ0) is 8.27. The molecule has 1 N–H and O–H groups in total. The van der Waals surface area contributed by atoms with Crippen LogP contribution in [0.15, 0.2) is 23.8 Å². The highest BCUT2D eigenvalue weighted by Gasteiger charge is 2.11. The summed E-state index contributed by atoms with van der Waals surface area (Å²) in [6, 6.07) is 0.637. The highest BCUT2D eigenvalue weighted by atomic mass is 14.9. The van der Waals surface area contributed by atoms with Crippen LogP contribution in [-0.4, -0.2) is 12.6 Å². The van der Waals surface area contributed by atoms with Crippen molar-refractivity contribution in [2.24, 2.45) is 0 Å². The maximum absolute atomic E-state index is 3.91. The Morgan fingerprint density at radius 3 is 3.09 bits per heavy atom. The molecule has 0 aromatic carbocycles. The first-order chi connectivity index (χ1) is 5.18. The summed E-state index contributed by atoms with van der Waals surface area (Å²) in [5.41, 5.74) is 2.78. The van der Waals surface area contributed by atoms with E-state index in [0.29, 0.717) is 6.04 Å². The van der Waals surface area contributed by atoms with E-state index in [0.717, 1.165) is 13.0 Å². The number of nitrogens with one attached hydrogen (secondary N) is 1. The molecule has 1 atom stereocenters. The van der Waals surface area contributed by atoms with Gasteiger partial charge in [0.2, 0.25) is 0 Å². The van der Waals surface area contributed by atoms with Gasteiger partial charge in [0.15, 0.2) is 0 Å². The van der Waals surface area contributed by atoms with Crippen molar-refractivity contribution in [1.82, 2.24) is 5.32 Å². The summed E-state index contributed by atoms with van der Waals surface area (Å²) in [6.45, 7) is 9.24. The van der Waals surface area contributed by atoms with Crippen LogP contribution < -0.4 is 5.32 Å². The molecule has 0 aromatic rings. The van der Waals surface area contributed by atoms with E-state index in [1.165, 1.54) is 17.6 Å². The third kappa shape index (κ3) is 2.89. The summed E-state index contributed by atoms with van der Waals surface area (Å²) in [5.74, 6) is 0. The van der Waals surface area contributed by atoms with E-state index in [2.05, 4.69) is 31.8 Å². The highest BCUT2D eigenvalue weighted by molar-refractivity contribution is 5.08. The zero-order valence-electron chi connectivity index (χ0n) is 7.48. The zero-order valence-corrected chi connectivity index (χ0v) is 7.48.